The lowest BCUT2D eigenvalue weighted by atomic mass is 10.2. The Morgan fingerprint density at radius 2 is 2.19 bits per heavy atom. The van der Waals surface area contributed by atoms with E-state index in [4.69, 9.17) is 4.74 Å². The highest BCUT2D eigenvalue weighted by Gasteiger charge is 2.03. The second kappa shape index (κ2) is 4.97. The number of aromatic nitrogens is 1. The fraction of sp³-hybridized carbons (Fsp3) is 0.250. The van der Waals surface area contributed by atoms with E-state index in [1.54, 1.807) is 11.3 Å². The Balaban J connectivity index is 2.07. The summed E-state index contributed by atoms with van der Waals surface area (Å²) in [6.07, 6.45) is 1.87. The second-order valence-corrected chi connectivity index (χ2v) is 5.78. The van der Waals surface area contributed by atoms with Crippen molar-refractivity contribution in [3.63, 3.8) is 0 Å². The van der Waals surface area contributed by atoms with Gasteiger partial charge in [-0.05, 0) is 31.5 Å². The van der Waals surface area contributed by atoms with Gasteiger partial charge in [-0.3, -0.25) is 0 Å². The van der Waals surface area contributed by atoms with Crippen molar-refractivity contribution < 1.29 is 4.74 Å². The molecule has 0 fully saturated rings. The fourth-order valence-corrected chi connectivity index (χ4v) is 2.40. The third kappa shape index (κ3) is 2.83. The van der Waals surface area contributed by atoms with E-state index in [2.05, 4.69) is 20.9 Å². The predicted molar refractivity (Wildman–Crippen MR) is 70.1 cm³/mol. The Morgan fingerprint density at radius 3 is 2.88 bits per heavy atom. The molecule has 2 nitrogen and oxygen atoms in total. The summed E-state index contributed by atoms with van der Waals surface area (Å²) >= 11 is 5.11. The molecule has 16 heavy (non-hydrogen) atoms. The average molecular weight is 298 g/mol. The summed E-state index contributed by atoms with van der Waals surface area (Å²) < 4.78 is 6.79. The molecule has 0 saturated carbocycles. The summed E-state index contributed by atoms with van der Waals surface area (Å²) in [5.41, 5.74) is 1.14. The Kier molecular flexibility index (Phi) is 3.61. The predicted octanol–water partition coefficient (Wildman–Crippen LogP) is 4.10. The van der Waals surface area contributed by atoms with E-state index in [-0.39, 0.29) is 0 Å². The van der Waals surface area contributed by atoms with Crippen LogP contribution >= 0.6 is 27.3 Å². The second-order valence-electron chi connectivity index (χ2n) is 3.54. The molecular weight excluding hydrogens is 286 g/mol. The summed E-state index contributed by atoms with van der Waals surface area (Å²) in [6.45, 7) is 4.63. The first-order valence-electron chi connectivity index (χ1n) is 4.95. The van der Waals surface area contributed by atoms with Crippen LogP contribution in [0.25, 0.3) is 0 Å². The van der Waals surface area contributed by atoms with Crippen LogP contribution in [0.1, 0.15) is 15.4 Å². The SMILES string of the molecule is Cc1ncc(COc2cc(Br)ccc2C)s1. The Hall–Kier alpha value is -0.870. The van der Waals surface area contributed by atoms with Gasteiger partial charge in [0.1, 0.15) is 12.4 Å². The molecule has 0 aliphatic rings. The van der Waals surface area contributed by atoms with Crippen molar-refractivity contribution in [2.75, 3.05) is 0 Å². The Bertz CT molecular complexity index is 496. The van der Waals surface area contributed by atoms with Gasteiger partial charge in [0.25, 0.3) is 0 Å². The molecule has 84 valence electrons. The van der Waals surface area contributed by atoms with Crippen molar-refractivity contribution in [1.29, 1.82) is 0 Å². The van der Waals surface area contributed by atoms with E-state index in [0.717, 1.165) is 25.7 Å². The minimum Gasteiger partial charge on any atom is -0.488 e. The smallest absolute Gasteiger partial charge is 0.124 e. The molecule has 1 aromatic carbocycles. The van der Waals surface area contributed by atoms with Crippen LogP contribution in [0.3, 0.4) is 0 Å². The lowest BCUT2D eigenvalue weighted by Gasteiger charge is -2.07. The molecule has 0 saturated heterocycles. The van der Waals surface area contributed by atoms with Crippen molar-refractivity contribution in [1.82, 2.24) is 4.98 Å². The average Bonchev–Trinajstić information content (AvgIpc) is 2.66. The number of hydrogen-bond donors (Lipinski definition) is 0. The molecule has 2 aromatic rings. The Morgan fingerprint density at radius 1 is 1.38 bits per heavy atom. The van der Waals surface area contributed by atoms with Crippen molar-refractivity contribution in [2.45, 2.75) is 20.5 Å². The van der Waals surface area contributed by atoms with Gasteiger partial charge in [0.15, 0.2) is 0 Å². The number of thiazole rings is 1. The maximum Gasteiger partial charge on any atom is 0.124 e. The molecule has 0 bridgehead atoms. The van der Waals surface area contributed by atoms with Crippen LogP contribution in [0.5, 0.6) is 5.75 Å². The van der Waals surface area contributed by atoms with Crippen LogP contribution < -0.4 is 4.74 Å². The van der Waals surface area contributed by atoms with Crippen molar-refractivity contribution >= 4 is 27.3 Å². The van der Waals surface area contributed by atoms with Crippen molar-refractivity contribution in [3.8, 4) is 5.75 Å². The van der Waals surface area contributed by atoms with Gasteiger partial charge in [0.05, 0.1) is 9.88 Å². The number of halogens is 1. The maximum absolute atomic E-state index is 5.76. The largest absolute Gasteiger partial charge is 0.488 e. The zero-order valence-electron chi connectivity index (χ0n) is 9.16. The van der Waals surface area contributed by atoms with E-state index < -0.39 is 0 Å². The zero-order chi connectivity index (χ0) is 11.5. The minimum absolute atomic E-state index is 0.586. The molecule has 1 heterocycles. The molecule has 0 N–H and O–H groups in total. The van der Waals surface area contributed by atoms with Gasteiger partial charge in [-0.2, -0.15) is 0 Å². The summed E-state index contributed by atoms with van der Waals surface area (Å²) in [5, 5.41) is 1.07. The fourth-order valence-electron chi connectivity index (χ4n) is 1.35. The van der Waals surface area contributed by atoms with Crippen LogP contribution in [-0.4, -0.2) is 4.98 Å². The molecule has 2 rings (SSSR count). The summed E-state index contributed by atoms with van der Waals surface area (Å²) in [4.78, 5) is 5.35. The maximum atomic E-state index is 5.76. The van der Waals surface area contributed by atoms with Gasteiger partial charge in [-0.15, -0.1) is 11.3 Å². The lowest BCUT2D eigenvalue weighted by Crippen LogP contribution is -1.94. The van der Waals surface area contributed by atoms with E-state index in [0.29, 0.717) is 6.61 Å². The molecule has 0 amide bonds. The monoisotopic (exact) mass is 297 g/mol. The molecule has 0 aliphatic carbocycles. The number of benzene rings is 1. The number of ether oxygens (including phenoxy) is 1. The van der Waals surface area contributed by atoms with Crippen molar-refractivity contribution in [2.24, 2.45) is 0 Å². The van der Waals surface area contributed by atoms with Gasteiger partial charge in [-0.25, -0.2) is 4.98 Å². The first kappa shape index (κ1) is 11.6. The molecule has 1 aromatic heterocycles. The molecule has 0 spiro atoms. The molecule has 4 heteroatoms. The van der Waals surface area contributed by atoms with Gasteiger partial charge in [-0.1, -0.05) is 22.0 Å². The van der Waals surface area contributed by atoms with Crippen LogP contribution in [-0.2, 0) is 6.61 Å². The highest BCUT2D eigenvalue weighted by Crippen LogP contribution is 2.24. The number of aryl methyl sites for hydroxylation is 2. The van der Waals surface area contributed by atoms with Gasteiger partial charge in [0.2, 0.25) is 0 Å². The van der Waals surface area contributed by atoms with Gasteiger partial charge in [0, 0.05) is 10.7 Å². The lowest BCUT2D eigenvalue weighted by molar-refractivity contribution is 0.307. The third-order valence-electron chi connectivity index (χ3n) is 2.19. The van der Waals surface area contributed by atoms with Crippen LogP contribution in [0.2, 0.25) is 0 Å². The topological polar surface area (TPSA) is 22.1 Å². The van der Waals surface area contributed by atoms with Crippen LogP contribution in [0.4, 0.5) is 0 Å². The van der Waals surface area contributed by atoms with E-state index in [9.17, 15) is 0 Å². The standard InChI is InChI=1S/C12H12BrNOS/c1-8-3-4-10(13)5-12(8)15-7-11-6-14-9(2)16-11/h3-6H,7H2,1-2H3. The van der Waals surface area contributed by atoms with Crippen LogP contribution in [0.15, 0.2) is 28.9 Å². The minimum atomic E-state index is 0.586. The normalized spacial score (nSPS) is 10.4. The van der Waals surface area contributed by atoms with Crippen molar-refractivity contribution in [3.05, 3.63) is 44.3 Å². The third-order valence-corrected chi connectivity index (χ3v) is 3.57. The molecule has 0 radical (unpaired) electrons. The van der Waals surface area contributed by atoms with E-state index in [1.807, 2.05) is 38.2 Å². The summed E-state index contributed by atoms with van der Waals surface area (Å²) in [6, 6.07) is 6.04. The first-order valence-corrected chi connectivity index (χ1v) is 6.56. The molecular formula is C12H12BrNOS. The summed E-state index contributed by atoms with van der Waals surface area (Å²) in [5.74, 6) is 0.917. The van der Waals surface area contributed by atoms with Gasteiger partial charge >= 0.3 is 0 Å². The number of hydrogen-bond acceptors (Lipinski definition) is 3. The number of nitrogens with zero attached hydrogens (tertiary/aromatic N) is 1. The molecule has 0 unspecified atom stereocenters. The Labute approximate surface area is 107 Å². The first-order chi connectivity index (χ1) is 7.65. The van der Waals surface area contributed by atoms with Crippen LogP contribution in [0, 0.1) is 13.8 Å². The van der Waals surface area contributed by atoms with E-state index in [1.165, 1.54) is 0 Å². The molecule has 0 aliphatic heterocycles. The highest BCUT2D eigenvalue weighted by atomic mass is 79.9. The highest BCUT2D eigenvalue weighted by molar-refractivity contribution is 9.10. The van der Waals surface area contributed by atoms with Gasteiger partial charge < -0.3 is 4.74 Å². The zero-order valence-corrected chi connectivity index (χ0v) is 11.6. The quantitative estimate of drug-likeness (QED) is 0.851. The summed E-state index contributed by atoms with van der Waals surface area (Å²) in [7, 11) is 0. The number of rotatable bonds is 3. The van der Waals surface area contributed by atoms with E-state index >= 15 is 0 Å². The molecule has 0 atom stereocenters.